The molecule has 0 unspecified atom stereocenters. The highest BCUT2D eigenvalue weighted by atomic mass is 127. The van der Waals surface area contributed by atoms with Gasteiger partial charge in [0.1, 0.15) is 5.01 Å². The molecule has 2 N–H and O–H groups in total. The Morgan fingerprint density at radius 1 is 1.73 bits per heavy atom. The van der Waals surface area contributed by atoms with Crippen molar-refractivity contribution in [3.05, 3.63) is 14.1 Å². The van der Waals surface area contributed by atoms with Crippen LogP contribution in [0.2, 0.25) is 0 Å². The normalized spacial score (nSPS) is 12.0. The molecule has 0 aliphatic rings. The molecule has 11 heavy (non-hydrogen) atoms. The Kier molecular flexibility index (Phi) is 2.88. The first kappa shape index (κ1) is 9.41. The first-order valence-corrected chi connectivity index (χ1v) is 5.27. The van der Waals surface area contributed by atoms with E-state index in [1.807, 2.05) is 6.20 Å². The van der Waals surface area contributed by atoms with E-state index in [9.17, 15) is 0 Å². The molecule has 4 heteroatoms. The summed E-state index contributed by atoms with van der Waals surface area (Å²) in [6.07, 6.45) is 1.89. The average Bonchev–Trinajstić information content (AvgIpc) is 2.36. The average molecular weight is 282 g/mol. The largest absolute Gasteiger partial charge is 0.330 e. The Balaban J connectivity index is 2.92. The van der Waals surface area contributed by atoms with Crippen molar-refractivity contribution < 1.29 is 0 Å². The topological polar surface area (TPSA) is 38.9 Å². The second-order valence-electron chi connectivity index (χ2n) is 3.06. The summed E-state index contributed by atoms with van der Waals surface area (Å²) in [5.41, 5.74) is 5.65. The third kappa shape index (κ3) is 2.13. The van der Waals surface area contributed by atoms with Gasteiger partial charge >= 0.3 is 0 Å². The molecular weight excluding hydrogens is 271 g/mol. The number of nitrogens with zero attached hydrogens (tertiary/aromatic N) is 1. The molecule has 0 fully saturated rings. The molecule has 0 bridgehead atoms. The molecular formula is C7H11IN2S. The standard InChI is InChI=1S/C7H11IN2S/c1-7(2,4-9)6-10-3-5(8)11-6/h3H,4,9H2,1-2H3. The number of rotatable bonds is 2. The van der Waals surface area contributed by atoms with Gasteiger partial charge in [0.25, 0.3) is 0 Å². The van der Waals surface area contributed by atoms with E-state index in [2.05, 4.69) is 41.4 Å². The van der Waals surface area contributed by atoms with Crippen LogP contribution in [0.3, 0.4) is 0 Å². The fourth-order valence-corrected chi connectivity index (χ4v) is 2.17. The van der Waals surface area contributed by atoms with Crippen LogP contribution in [0.1, 0.15) is 18.9 Å². The minimum atomic E-state index is 0.0358. The summed E-state index contributed by atoms with van der Waals surface area (Å²) >= 11 is 3.99. The van der Waals surface area contributed by atoms with E-state index in [0.717, 1.165) is 5.01 Å². The van der Waals surface area contributed by atoms with E-state index in [4.69, 9.17) is 5.73 Å². The molecule has 0 saturated carbocycles. The molecule has 0 atom stereocenters. The van der Waals surface area contributed by atoms with Gasteiger partial charge < -0.3 is 5.73 Å². The summed E-state index contributed by atoms with van der Waals surface area (Å²) in [4.78, 5) is 4.29. The first-order valence-electron chi connectivity index (χ1n) is 3.38. The van der Waals surface area contributed by atoms with Crippen molar-refractivity contribution in [1.82, 2.24) is 4.98 Å². The number of hydrogen-bond acceptors (Lipinski definition) is 3. The zero-order valence-corrected chi connectivity index (χ0v) is 9.57. The van der Waals surface area contributed by atoms with E-state index >= 15 is 0 Å². The van der Waals surface area contributed by atoms with Gasteiger partial charge in [0.2, 0.25) is 0 Å². The van der Waals surface area contributed by atoms with Crippen LogP contribution in [-0.2, 0) is 5.41 Å². The number of nitrogens with two attached hydrogens (primary N) is 1. The lowest BCUT2D eigenvalue weighted by Crippen LogP contribution is -2.27. The highest BCUT2D eigenvalue weighted by molar-refractivity contribution is 14.1. The van der Waals surface area contributed by atoms with Crippen LogP contribution in [0.25, 0.3) is 0 Å². The van der Waals surface area contributed by atoms with Gasteiger partial charge in [0.15, 0.2) is 0 Å². The van der Waals surface area contributed by atoms with Gasteiger partial charge in [-0.1, -0.05) is 13.8 Å². The predicted octanol–water partition coefficient (Wildman–Crippen LogP) is 1.98. The molecule has 1 rings (SSSR count). The fraction of sp³-hybridized carbons (Fsp3) is 0.571. The molecule has 62 valence electrons. The number of thiazole rings is 1. The molecule has 0 spiro atoms. The van der Waals surface area contributed by atoms with Crippen LogP contribution in [0, 0.1) is 2.88 Å². The van der Waals surface area contributed by atoms with E-state index in [-0.39, 0.29) is 5.41 Å². The first-order chi connectivity index (χ1) is 5.06. The van der Waals surface area contributed by atoms with Crippen LogP contribution < -0.4 is 5.73 Å². The monoisotopic (exact) mass is 282 g/mol. The summed E-state index contributed by atoms with van der Waals surface area (Å²) in [6, 6.07) is 0. The molecule has 1 aromatic rings. The maximum atomic E-state index is 5.61. The Hall–Kier alpha value is 0.320. The quantitative estimate of drug-likeness (QED) is 0.842. The van der Waals surface area contributed by atoms with Gasteiger partial charge in [-0.15, -0.1) is 11.3 Å². The Morgan fingerprint density at radius 3 is 2.73 bits per heavy atom. The Bertz CT molecular complexity index is 244. The van der Waals surface area contributed by atoms with Crippen LogP contribution in [0.15, 0.2) is 6.20 Å². The zero-order chi connectivity index (χ0) is 8.48. The molecule has 0 amide bonds. The fourth-order valence-electron chi connectivity index (χ4n) is 0.655. The third-order valence-electron chi connectivity index (χ3n) is 1.57. The van der Waals surface area contributed by atoms with Crippen molar-refractivity contribution in [1.29, 1.82) is 0 Å². The summed E-state index contributed by atoms with van der Waals surface area (Å²) in [7, 11) is 0. The SMILES string of the molecule is CC(C)(CN)c1ncc(I)s1. The van der Waals surface area contributed by atoms with Crippen molar-refractivity contribution in [3.63, 3.8) is 0 Å². The minimum absolute atomic E-state index is 0.0358. The van der Waals surface area contributed by atoms with Gasteiger partial charge in [-0.05, 0) is 22.6 Å². The zero-order valence-electron chi connectivity index (χ0n) is 6.60. The third-order valence-corrected chi connectivity index (χ3v) is 3.66. The molecule has 0 aliphatic carbocycles. The number of hydrogen-bond donors (Lipinski definition) is 1. The van der Waals surface area contributed by atoms with Gasteiger partial charge in [-0.2, -0.15) is 0 Å². The van der Waals surface area contributed by atoms with Crippen molar-refractivity contribution in [2.45, 2.75) is 19.3 Å². The second-order valence-corrected chi connectivity index (χ2v) is 5.98. The summed E-state index contributed by atoms with van der Waals surface area (Å²) in [6.45, 7) is 4.88. The lowest BCUT2D eigenvalue weighted by atomic mass is 9.95. The lowest BCUT2D eigenvalue weighted by molar-refractivity contribution is 0.535. The van der Waals surface area contributed by atoms with Crippen molar-refractivity contribution >= 4 is 33.9 Å². The summed E-state index contributed by atoms with van der Waals surface area (Å²) < 4.78 is 1.22. The molecule has 0 aromatic carbocycles. The van der Waals surface area contributed by atoms with Gasteiger partial charge in [-0.3, -0.25) is 0 Å². The maximum absolute atomic E-state index is 5.61. The van der Waals surface area contributed by atoms with Crippen LogP contribution >= 0.6 is 33.9 Å². The van der Waals surface area contributed by atoms with E-state index in [1.165, 1.54) is 2.88 Å². The van der Waals surface area contributed by atoms with E-state index < -0.39 is 0 Å². The molecule has 0 saturated heterocycles. The maximum Gasteiger partial charge on any atom is 0.100 e. The van der Waals surface area contributed by atoms with Gasteiger partial charge in [0.05, 0.1) is 9.08 Å². The second kappa shape index (κ2) is 3.37. The van der Waals surface area contributed by atoms with Crippen molar-refractivity contribution in [2.75, 3.05) is 6.54 Å². The summed E-state index contributed by atoms with van der Waals surface area (Å²) in [5.74, 6) is 0. The van der Waals surface area contributed by atoms with Gasteiger partial charge in [-0.25, -0.2) is 4.98 Å². The minimum Gasteiger partial charge on any atom is -0.330 e. The number of halogens is 1. The van der Waals surface area contributed by atoms with Crippen LogP contribution in [0.5, 0.6) is 0 Å². The Morgan fingerprint density at radius 2 is 2.36 bits per heavy atom. The molecule has 1 heterocycles. The summed E-state index contributed by atoms with van der Waals surface area (Å²) in [5, 5.41) is 1.13. The molecule has 0 aliphatic heterocycles. The molecule has 2 nitrogen and oxygen atoms in total. The van der Waals surface area contributed by atoms with Crippen LogP contribution in [0.4, 0.5) is 0 Å². The van der Waals surface area contributed by atoms with Crippen LogP contribution in [-0.4, -0.2) is 11.5 Å². The smallest absolute Gasteiger partial charge is 0.100 e. The molecule has 0 radical (unpaired) electrons. The van der Waals surface area contributed by atoms with E-state index in [0.29, 0.717) is 6.54 Å². The molecule has 1 aromatic heterocycles. The Labute approximate surface area is 84.4 Å². The van der Waals surface area contributed by atoms with Crippen molar-refractivity contribution in [3.8, 4) is 0 Å². The lowest BCUT2D eigenvalue weighted by Gasteiger charge is -2.18. The van der Waals surface area contributed by atoms with Crippen molar-refractivity contribution in [2.24, 2.45) is 5.73 Å². The predicted molar refractivity (Wildman–Crippen MR) is 56.9 cm³/mol. The highest BCUT2D eigenvalue weighted by Gasteiger charge is 2.21. The highest BCUT2D eigenvalue weighted by Crippen LogP contribution is 2.26. The number of aromatic nitrogens is 1. The van der Waals surface area contributed by atoms with Gasteiger partial charge in [0, 0.05) is 12.0 Å². The van der Waals surface area contributed by atoms with E-state index in [1.54, 1.807) is 11.3 Å².